The maximum absolute atomic E-state index is 12.7. The number of ether oxygens (including phenoxy) is 2. The molecule has 2 heterocycles. The minimum Gasteiger partial charge on any atom is -0.493 e. The number of carbonyl (C=O) groups excluding carboxylic acids is 1. The fraction of sp³-hybridized carbons (Fsp3) is 0.462. The molecule has 1 saturated heterocycles. The molecule has 1 saturated carbocycles. The molecule has 1 N–H and O–H groups in total. The van der Waals surface area contributed by atoms with E-state index in [0.717, 1.165) is 47.6 Å². The van der Waals surface area contributed by atoms with Crippen molar-refractivity contribution in [3.05, 3.63) is 53.9 Å². The molecule has 2 atom stereocenters. The maximum Gasteiger partial charge on any atom is 0.223 e. The lowest BCUT2D eigenvalue weighted by Gasteiger charge is -2.30. The quantitative estimate of drug-likeness (QED) is 0.627. The van der Waals surface area contributed by atoms with Crippen LogP contribution >= 0.6 is 0 Å². The average molecular weight is 434 g/mol. The van der Waals surface area contributed by atoms with Crippen LogP contribution in [0.4, 0.5) is 0 Å². The molecule has 32 heavy (non-hydrogen) atoms. The van der Waals surface area contributed by atoms with Crippen molar-refractivity contribution >= 4 is 16.9 Å². The number of methoxy groups -OCH3 is 1. The number of fused-ring (bicyclic) bond motifs is 1. The SMILES string of the molecule is COc1ccc([C@H]2CNC(=O)[C@@H](Cc3nc4ccccc4n3C)C2)cc1OC1CCCC1. The van der Waals surface area contributed by atoms with Crippen molar-refractivity contribution in [2.45, 2.75) is 50.5 Å². The van der Waals surface area contributed by atoms with Crippen LogP contribution in [0.5, 0.6) is 11.5 Å². The van der Waals surface area contributed by atoms with Crippen LogP contribution in [0.1, 0.15) is 49.4 Å². The number of nitrogens with one attached hydrogen (secondary N) is 1. The predicted molar refractivity (Wildman–Crippen MR) is 124 cm³/mol. The Morgan fingerprint density at radius 3 is 2.72 bits per heavy atom. The highest BCUT2D eigenvalue weighted by Gasteiger charge is 2.31. The highest BCUT2D eigenvalue weighted by Crippen LogP contribution is 2.37. The third kappa shape index (κ3) is 4.06. The number of hydrogen-bond acceptors (Lipinski definition) is 4. The number of benzene rings is 2. The normalized spacial score (nSPS) is 21.6. The minimum atomic E-state index is -0.106. The number of hydrogen-bond donors (Lipinski definition) is 1. The molecule has 1 aliphatic heterocycles. The van der Waals surface area contributed by atoms with Crippen molar-refractivity contribution in [1.82, 2.24) is 14.9 Å². The summed E-state index contributed by atoms with van der Waals surface area (Å²) < 4.78 is 14.0. The Morgan fingerprint density at radius 2 is 1.94 bits per heavy atom. The van der Waals surface area contributed by atoms with Crippen LogP contribution in [0.2, 0.25) is 0 Å². The second-order valence-corrected chi connectivity index (χ2v) is 9.09. The molecule has 1 aromatic heterocycles. The van der Waals surface area contributed by atoms with Gasteiger partial charge in [-0.25, -0.2) is 4.98 Å². The molecule has 1 amide bonds. The van der Waals surface area contributed by atoms with Crippen LogP contribution in [0.3, 0.4) is 0 Å². The third-order valence-electron chi connectivity index (χ3n) is 7.03. The van der Waals surface area contributed by atoms with E-state index in [-0.39, 0.29) is 23.8 Å². The second-order valence-electron chi connectivity index (χ2n) is 9.09. The van der Waals surface area contributed by atoms with Gasteiger partial charge in [-0.1, -0.05) is 18.2 Å². The van der Waals surface area contributed by atoms with Crippen molar-refractivity contribution in [1.29, 1.82) is 0 Å². The molecule has 2 aromatic carbocycles. The van der Waals surface area contributed by atoms with Gasteiger partial charge in [-0.2, -0.15) is 0 Å². The van der Waals surface area contributed by atoms with E-state index in [9.17, 15) is 4.79 Å². The summed E-state index contributed by atoms with van der Waals surface area (Å²) in [6.07, 6.45) is 6.37. The Balaban J connectivity index is 1.35. The van der Waals surface area contributed by atoms with Crippen LogP contribution in [0.15, 0.2) is 42.5 Å². The summed E-state index contributed by atoms with van der Waals surface area (Å²) in [5.74, 6) is 2.79. The highest BCUT2D eigenvalue weighted by molar-refractivity contribution is 5.80. The van der Waals surface area contributed by atoms with Crippen molar-refractivity contribution in [3.8, 4) is 11.5 Å². The summed E-state index contributed by atoms with van der Waals surface area (Å²) in [4.78, 5) is 17.5. The summed E-state index contributed by atoms with van der Waals surface area (Å²) >= 11 is 0. The van der Waals surface area contributed by atoms with Gasteiger partial charge in [0.2, 0.25) is 5.91 Å². The molecule has 5 rings (SSSR count). The van der Waals surface area contributed by atoms with E-state index in [0.29, 0.717) is 13.0 Å². The molecule has 2 fully saturated rings. The first kappa shape index (κ1) is 20.9. The van der Waals surface area contributed by atoms with Crippen LogP contribution in [0, 0.1) is 5.92 Å². The standard InChI is InChI=1S/C26H31N3O3/c1-29-22-10-6-5-9-21(22)28-25(29)15-18-13-19(16-27-26(18)30)17-11-12-23(31-2)24(14-17)32-20-7-3-4-8-20/h5-6,9-12,14,18-20H,3-4,7-8,13,15-16H2,1-2H3,(H,27,30)/t18-,19-/m1/s1. The molecule has 6 heteroatoms. The molecule has 168 valence electrons. The van der Waals surface area contributed by atoms with Crippen LogP contribution in [0.25, 0.3) is 11.0 Å². The van der Waals surface area contributed by atoms with E-state index in [4.69, 9.17) is 14.5 Å². The molecule has 0 bridgehead atoms. The molecule has 6 nitrogen and oxygen atoms in total. The fourth-order valence-electron chi connectivity index (χ4n) is 5.16. The van der Waals surface area contributed by atoms with E-state index in [1.165, 1.54) is 18.4 Å². The number of imidazole rings is 1. The maximum atomic E-state index is 12.7. The van der Waals surface area contributed by atoms with E-state index in [2.05, 4.69) is 28.1 Å². The molecular weight excluding hydrogens is 402 g/mol. The molecule has 3 aromatic rings. The largest absolute Gasteiger partial charge is 0.493 e. The van der Waals surface area contributed by atoms with Crippen LogP contribution in [-0.2, 0) is 18.3 Å². The fourth-order valence-corrected chi connectivity index (χ4v) is 5.16. The summed E-state index contributed by atoms with van der Waals surface area (Å²) in [6, 6.07) is 14.3. The molecule has 0 spiro atoms. The number of carbonyl (C=O) groups is 1. The van der Waals surface area contributed by atoms with Gasteiger partial charge in [-0.15, -0.1) is 0 Å². The van der Waals surface area contributed by atoms with Crippen molar-refractivity contribution in [3.63, 3.8) is 0 Å². The topological polar surface area (TPSA) is 65.4 Å². The molecule has 1 aliphatic carbocycles. The van der Waals surface area contributed by atoms with Crippen molar-refractivity contribution in [2.24, 2.45) is 13.0 Å². The Bertz CT molecular complexity index is 1120. The zero-order chi connectivity index (χ0) is 22.1. The summed E-state index contributed by atoms with van der Waals surface area (Å²) in [5.41, 5.74) is 3.26. The number of piperidine rings is 1. The Labute approximate surface area is 188 Å². The highest BCUT2D eigenvalue weighted by atomic mass is 16.5. The lowest BCUT2D eigenvalue weighted by Crippen LogP contribution is -2.41. The summed E-state index contributed by atoms with van der Waals surface area (Å²) in [6.45, 7) is 0.646. The lowest BCUT2D eigenvalue weighted by molar-refractivity contribution is -0.127. The molecule has 0 radical (unpaired) electrons. The first-order chi connectivity index (χ1) is 15.6. The Hall–Kier alpha value is -3.02. The monoisotopic (exact) mass is 433 g/mol. The minimum absolute atomic E-state index is 0.106. The molecule has 2 aliphatic rings. The van der Waals surface area contributed by atoms with Gasteiger partial charge in [0.05, 0.1) is 24.2 Å². The smallest absolute Gasteiger partial charge is 0.223 e. The van der Waals surface area contributed by atoms with Gasteiger partial charge in [-0.3, -0.25) is 4.79 Å². The Morgan fingerprint density at radius 1 is 1.12 bits per heavy atom. The van der Waals surface area contributed by atoms with E-state index >= 15 is 0 Å². The zero-order valence-electron chi connectivity index (χ0n) is 18.8. The average Bonchev–Trinajstić information content (AvgIpc) is 3.43. The Kier molecular flexibility index (Phi) is 5.77. The first-order valence-corrected chi connectivity index (χ1v) is 11.6. The van der Waals surface area contributed by atoms with Gasteiger partial charge in [-0.05, 0) is 61.9 Å². The van der Waals surface area contributed by atoms with Crippen LogP contribution in [-0.4, -0.2) is 35.2 Å². The van der Waals surface area contributed by atoms with E-state index < -0.39 is 0 Å². The third-order valence-corrected chi connectivity index (χ3v) is 7.03. The van der Waals surface area contributed by atoms with Gasteiger partial charge >= 0.3 is 0 Å². The molecule has 0 unspecified atom stereocenters. The van der Waals surface area contributed by atoms with Gasteiger partial charge in [0, 0.05) is 31.8 Å². The first-order valence-electron chi connectivity index (χ1n) is 11.6. The van der Waals surface area contributed by atoms with Gasteiger partial charge in [0.15, 0.2) is 11.5 Å². The van der Waals surface area contributed by atoms with Crippen LogP contribution < -0.4 is 14.8 Å². The second kappa shape index (κ2) is 8.85. The number of amides is 1. The number of nitrogens with zero attached hydrogens (tertiary/aromatic N) is 2. The van der Waals surface area contributed by atoms with Crippen molar-refractivity contribution < 1.29 is 14.3 Å². The van der Waals surface area contributed by atoms with Gasteiger partial charge in [0.1, 0.15) is 5.82 Å². The summed E-state index contributed by atoms with van der Waals surface area (Å²) in [7, 11) is 3.71. The number of para-hydroxylation sites is 2. The number of rotatable bonds is 6. The zero-order valence-corrected chi connectivity index (χ0v) is 18.8. The predicted octanol–water partition coefficient (Wildman–Crippen LogP) is 4.37. The van der Waals surface area contributed by atoms with E-state index in [1.807, 2.05) is 31.3 Å². The molecular formula is C26H31N3O3. The summed E-state index contributed by atoms with van der Waals surface area (Å²) in [5, 5.41) is 3.13. The van der Waals surface area contributed by atoms with Gasteiger partial charge in [0.25, 0.3) is 0 Å². The number of aryl methyl sites for hydroxylation is 1. The van der Waals surface area contributed by atoms with E-state index in [1.54, 1.807) is 7.11 Å². The van der Waals surface area contributed by atoms with Gasteiger partial charge < -0.3 is 19.4 Å². The lowest BCUT2D eigenvalue weighted by atomic mass is 9.83. The number of aromatic nitrogens is 2. The van der Waals surface area contributed by atoms with Crippen molar-refractivity contribution in [2.75, 3.05) is 13.7 Å².